The summed E-state index contributed by atoms with van der Waals surface area (Å²) in [5.74, 6) is 0.537. The zero-order chi connectivity index (χ0) is 16.9. The number of piperidine rings is 1. The van der Waals surface area contributed by atoms with Crippen LogP contribution in [0.4, 0.5) is 0 Å². The number of carbonyl (C=O) groups excluding carboxylic acids is 1. The van der Waals surface area contributed by atoms with Gasteiger partial charge in [0.15, 0.2) is 5.78 Å². The van der Waals surface area contributed by atoms with E-state index in [1.165, 1.54) is 0 Å². The Morgan fingerprint density at radius 3 is 2.42 bits per heavy atom. The molecular weight excluding hydrogens is 304 g/mol. The third-order valence-corrected chi connectivity index (χ3v) is 5.30. The molecule has 0 aromatic heterocycles. The van der Waals surface area contributed by atoms with Crippen LogP contribution in [0.25, 0.3) is 0 Å². The molecule has 1 unspecified atom stereocenters. The second-order valence-electron chi connectivity index (χ2n) is 6.98. The Kier molecular flexibility index (Phi) is 5.87. The molecule has 0 bridgehead atoms. The number of hydrogen-bond donors (Lipinski definition) is 1. The third-order valence-electron chi connectivity index (χ3n) is 5.30. The molecule has 2 saturated heterocycles. The molecule has 1 N–H and O–H groups in total. The molecule has 0 aliphatic carbocycles. The van der Waals surface area contributed by atoms with Crippen LogP contribution in [0.3, 0.4) is 0 Å². The largest absolute Gasteiger partial charge is 0.508 e. The van der Waals surface area contributed by atoms with E-state index in [9.17, 15) is 9.90 Å². The number of ketones is 1. The van der Waals surface area contributed by atoms with Gasteiger partial charge in [0.25, 0.3) is 0 Å². The van der Waals surface area contributed by atoms with Crippen LogP contribution in [0.1, 0.15) is 30.1 Å². The van der Waals surface area contributed by atoms with Crippen LogP contribution in [0.5, 0.6) is 5.75 Å². The summed E-state index contributed by atoms with van der Waals surface area (Å²) in [6.07, 6.45) is 1.85. The maximum atomic E-state index is 12.6. The zero-order valence-corrected chi connectivity index (χ0v) is 14.5. The van der Waals surface area contributed by atoms with Crippen molar-refractivity contribution in [1.29, 1.82) is 0 Å². The van der Waals surface area contributed by atoms with Gasteiger partial charge >= 0.3 is 0 Å². The van der Waals surface area contributed by atoms with Crippen LogP contribution in [0, 0.1) is 5.92 Å². The van der Waals surface area contributed by atoms with Crippen molar-refractivity contribution < 1.29 is 14.6 Å². The highest BCUT2D eigenvalue weighted by Gasteiger charge is 2.28. The molecule has 0 spiro atoms. The predicted molar refractivity (Wildman–Crippen MR) is 93.5 cm³/mol. The molecule has 2 fully saturated rings. The smallest absolute Gasteiger partial charge is 0.166 e. The molecule has 2 heterocycles. The lowest BCUT2D eigenvalue weighted by molar-refractivity contribution is 0.0204. The van der Waals surface area contributed by atoms with Gasteiger partial charge in [0, 0.05) is 37.2 Å². The van der Waals surface area contributed by atoms with Crippen molar-refractivity contribution in [1.82, 2.24) is 9.80 Å². The van der Waals surface area contributed by atoms with E-state index in [2.05, 4.69) is 16.7 Å². The second kappa shape index (κ2) is 8.10. The van der Waals surface area contributed by atoms with Crippen molar-refractivity contribution in [3.05, 3.63) is 29.8 Å². The minimum atomic E-state index is 0.112. The molecular formula is C19H28N2O3. The first-order valence-electron chi connectivity index (χ1n) is 9.01. The number of carbonyl (C=O) groups is 1. The average molecular weight is 332 g/mol. The Morgan fingerprint density at radius 2 is 1.79 bits per heavy atom. The van der Waals surface area contributed by atoms with Crippen LogP contribution in [0.15, 0.2) is 24.3 Å². The zero-order valence-electron chi connectivity index (χ0n) is 14.5. The number of nitrogens with zero attached hydrogens (tertiary/aromatic N) is 2. The van der Waals surface area contributed by atoms with E-state index in [-0.39, 0.29) is 17.5 Å². The summed E-state index contributed by atoms with van der Waals surface area (Å²) in [6, 6.07) is 7.16. The Labute approximate surface area is 144 Å². The summed E-state index contributed by atoms with van der Waals surface area (Å²) in [5.41, 5.74) is 0.715. The summed E-state index contributed by atoms with van der Waals surface area (Å²) in [4.78, 5) is 17.6. The fourth-order valence-corrected chi connectivity index (χ4v) is 3.74. The molecule has 0 amide bonds. The minimum Gasteiger partial charge on any atom is -0.508 e. The number of hydrogen-bond acceptors (Lipinski definition) is 5. The average Bonchev–Trinajstić information content (AvgIpc) is 2.63. The summed E-state index contributed by atoms with van der Waals surface area (Å²) in [6.45, 7) is 9.09. The number of ether oxygens (including phenoxy) is 1. The molecule has 0 radical (unpaired) electrons. The predicted octanol–water partition coefficient (Wildman–Crippen LogP) is 2.01. The quantitative estimate of drug-likeness (QED) is 0.836. The van der Waals surface area contributed by atoms with E-state index in [1.54, 1.807) is 24.3 Å². The molecule has 24 heavy (non-hydrogen) atoms. The standard InChI is InChI=1S/C19H28N2O3/c1-15(14-20-10-12-24-13-11-20)21-8-6-17(7-9-21)19(23)16-2-4-18(22)5-3-16/h2-5,15,17,22H,6-14H2,1H3. The molecule has 132 valence electrons. The highest BCUT2D eigenvalue weighted by molar-refractivity contribution is 5.98. The van der Waals surface area contributed by atoms with E-state index >= 15 is 0 Å². The fraction of sp³-hybridized carbons (Fsp3) is 0.632. The van der Waals surface area contributed by atoms with E-state index in [0.29, 0.717) is 11.6 Å². The monoisotopic (exact) mass is 332 g/mol. The number of phenols is 1. The summed E-state index contributed by atoms with van der Waals surface area (Å²) < 4.78 is 5.41. The molecule has 5 nitrogen and oxygen atoms in total. The normalized spacial score (nSPS) is 22.4. The molecule has 2 aliphatic rings. The van der Waals surface area contributed by atoms with E-state index in [1.807, 2.05) is 0 Å². The summed E-state index contributed by atoms with van der Waals surface area (Å²) in [7, 11) is 0. The first kappa shape index (κ1) is 17.4. The Hall–Kier alpha value is -1.43. The van der Waals surface area contributed by atoms with Crippen molar-refractivity contribution in [3.63, 3.8) is 0 Å². The molecule has 1 atom stereocenters. The van der Waals surface area contributed by atoms with Gasteiger partial charge in [-0.15, -0.1) is 0 Å². The molecule has 2 aliphatic heterocycles. The van der Waals surface area contributed by atoms with Crippen molar-refractivity contribution in [2.45, 2.75) is 25.8 Å². The van der Waals surface area contributed by atoms with Gasteiger partial charge in [0.2, 0.25) is 0 Å². The second-order valence-corrected chi connectivity index (χ2v) is 6.98. The fourth-order valence-electron chi connectivity index (χ4n) is 3.74. The number of aromatic hydroxyl groups is 1. The highest BCUT2D eigenvalue weighted by atomic mass is 16.5. The number of likely N-dealkylation sites (tertiary alicyclic amines) is 1. The van der Waals surface area contributed by atoms with Crippen molar-refractivity contribution >= 4 is 5.78 Å². The SMILES string of the molecule is CC(CN1CCOCC1)N1CCC(C(=O)c2ccc(O)cc2)CC1. The van der Waals surface area contributed by atoms with Crippen LogP contribution in [0.2, 0.25) is 0 Å². The van der Waals surface area contributed by atoms with Gasteiger partial charge in [0.05, 0.1) is 13.2 Å². The lowest BCUT2D eigenvalue weighted by Crippen LogP contribution is -2.49. The first-order valence-corrected chi connectivity index (χ1v) is 9.01. The lowest BCUT2D eigenvalue weighted by atomic mass is 9.88. The highest BCUT2D eigenvalue weighted by Crippen LogP contribution is 2.24. The Morgan fingerprint density at radius 1 is 1.17 bits per heavy atom. The topological polar surface area (TPSA) is 53.0 Å². The van der Waals surface area contributed by atoms with Crippen LogP contribution in [-0.4, -0.2) is 72.7 Å². The molecule has 1 aromatic rings. The van der Waals surface area contributed by atoms with E-state index in [4.69, 9.17) is 4.74 Å². The molecule has 5 heteroatoms. The van der Waals surface area contributed by atoms with Gasteiger partial charge in [-0.3, -0.25) is 14.6 Å². The molecule has 1 aromatic carbocycles. The van der Waals surface area contributed by atoms with Gasteiger partial charge in [-0.1, -0.05) is 0 Å². The van der Waals surface area contributed by atoms with Gasteiger partial charge < -0.3 is 9.84 Å². The number of Topliss-reactive ketones (excluding diaryl/α,β-unsaturated/α-hetero) is 1. The van der Waals surface area contributed by atoms with Gasteiger partial charge in [-0.05, 0) is 57.1 Å². The third kappa shape index (κ3) is 4.35. The maximum Gasteiger partial charge on any atom is 0.166 e. The number of phenolic OH excluding ortho intramolecular Hbond substituents is 1. The van der Waals surface area contributed by atoms with Crippen LogP contribution < -0.4 is 0 Å². The Balaban J connectivity index is 1.47. The minimum absolute atomic E-state index is 0.112. The molecule has 0 saturated carbocycles. The van der Waals surface area contributed by atoms with Gasteiger partial charge in [0.1, 0.15) is 5.75 Å². The van der Waals surface area contributed by atoms with Crippen LogP contribution >= 0.6 is 0 Å². The summed E-state index contributed by atoms with van der Waals surface area (Å²) >= 11 is 0. The van der Waals surface area contributed by atoms with E-state index in [0.717, 1.165) is 58.8 Å². The first-order chi connectivity index (χ1) is 11.6. The number of rotatable bonds is 5. The van der Waals surface area contributed by atoms with Crippen molar-refractivity contribution in [2.24, 2.45) is 5.92 Å². The maximum absolute atomic E-state index is 12.6. The van der Waals surface area contributed by atoms with Crippen molar-refractivity contribution in [2.75, 3.05) is 45.9 Å². The van der Waals surface area contributed by atoms with Crippen molar-refractivity contribution in [3.8, 4) is 5.75 Å². The van der Waals surface area contributed by atoms with E-state index < -0.39 is 0 Å². The lowest BCUT2D eigenvalue weighted by Gasteiger charge is -2.38. The van der Waals surface area contributed by atoms with Gasteiger partial charge in [-0.2, -0.15) is 0 Å². The molecule has 3 rings (SSSR count). The van der Waals surface area contributed by atoms with Crippen LogP contribution in [-0.2, 0) is 4.74 Å². The number of benzene rings is 1. The van der Waals surface area contributed by atoms with Gasteiger partial charge in [-0.25, -0.2) is 0 Å². The summed E-state index contributed by atoms with van der Waals surface area (Å²) in [5, 5.41) is 9.35. The Bertz CT molecular complexity index is 532. The number of morpholine rings is 1.